The molecule has 10 nitrogen and oxygen atoms in total. The summed E-state index contributed by atoms with van der Waals surface area (Å²) < 4.78 is 0. The van der Waals surface area contributed by atoms with Crippen molar-refractivity contribution in [3.05, 3.63) is 12.2 Å². The van der Waals surface area contributed by atoms with E-state index in [9.17, 15) is 14.4 Å². The number of carbonyl (C=O) groups excluding carboxylic acids is 1. The molecule has 4 aliphatic carbocycles. The molecular formula is C28H41N3O7. The lowest BCUT2D eigenvalue weighted by Gasteiger charge is -2.59. The number of carbonyl (C=O) groups is 3. The highest BCUT2D eigenvalue weighted by atomic mass is 16.6. The lowest BCUT2D eigenvalue weighted by molar-refractivity contribution is -0.134. The van der Waals surface area contributed by atoms with Gasteiger partial charge in [-0.05, 0) is 74.7 Å². The van der Waals surface area contributed by atoms with Crippen LogP contribution < -0.4 is 5.32 Å². The highest BCUT2D eigenvalue weighted by Gasteiger charge is 2.61. The molecule has 0 aromatic rings. The predicted octanol–water partition coefficient (Wildman–Crippen LogP) is 3.66. The molecule has 0 aromatic carbocycles. The van der Waals surface area contributed by atoms with Crippen molar-refractivity contribution in [3.63, 3.8) is 0 Å². The number of nitrogens with one attached hydrogen (secondary N) is 1. The number of oxime groups is 2. The van der Waals surface area contributed by atoms with Crippen LogP contribution in [-0.4, -0.2) is 65.7 Å². The van der Waals surface area contributed by atoms with E-state index in [1.54, 1.807) is 7.11 Å². The monoisotopic (exact) mass is 531 g/mol. The van der Waals surface area contributed by atoms with Crippen LogP contribution >= 0.6 is 0 Å². The number of hydrogen-bond donors (Lipinski definition) is 3. The van der Waals surface area contributed by atoms with Crippen LogP contribution in [0.2, 0.25) is 0 Å². The number of fused-ring (bicyclic) bond motifs is 5. The molecule has 210 valence electrons. The molecule has 0 bridgehead atoms. The molecule has 1 heterocycles. The van der Waals surface area contributed by atoms with Gasteiger partial charge < -0.3 is 25.2 Å². The third-order valence-corrected chi connectivity index (χ3v) is 9.95. The van der Waals surface area contributed by atoms with E-state index in [-0.39, 0.29) is 16.9 Å². The van der Waals surface area contributed by atoms with Gasteiger partial charge in [0, 0.05) is 42.9 Å². The van der Waals surface area contributed by atoms with Crippen molar-refractivity contribution in [1.29, 1.82) is 0 Å². The van der Waals surface area contributed by atoms with Gasteiger partial charge in [0.25, 0.3) is 0 Å². The average molecular weight is 532 g/mol. The summed E-state index contributed by atoms with van der Waals surface area (Å²) in [4.78, 5) is 43.0. The van der Waals surface area contributed by atoms with Gasteiger partial charge in [0.05, 0.1) is 11.4 Å². The summed E-state index contributed by atoms with van der Waals surface area (Å²) in [6.45, 7) is 6.65. The van der Waals surface area contributed by atoms with Gasteiger partial charge in [0.15, 0.2) is 0 Å². The second-order valence-electron chi connectivity index (χ2n) is 11.9. The fourth-order valence-corrected chi connectivity index (χ4v) is 7.96. The number of carboxylic acid groups (broad SMARTS) is 2. The zero-order valence-corrected chi connectivity index (χ0v) is 22.6. The Labute approximate surface area is 223 Å². The fourth-order valence-electron chi connectivity index (χ4n) is 7.96. The minimum Gasteiger partial charge on any atom is -0.478 e. The number of hydrogen-bond acceptors (Lipinski definition) is 8. The lowest BCUT2D eigenvalue weighted by atomic mass is 9.45. The average Bonchev–Trinajstić information content (AvgIpc) is 3.50. The largest absolute Gasteiger partial charge is 0.478 e. The Morgan fingerprint density at radius 1 is 1.00 bits per heavy atom. The van der Waals surface area contributed by atoms with E-state index in [1.165, 1.54) is 17.8 Å². The summed E-state index contributed by atoms with van der Waals surface area (Å²) in [5, 5.41) is 28.1. The number of ketones is 1. The summed E-state index contributed by atoms with van der Waals surface area (Å²) in [5.41, 5.74) is 2.48. The minimum atomic E-state index is -1.26. The van der Waals surface area contributed by atoms with Crippen molar-refractivity contribution in [2.24, 2.45) is 44.8 Å². The van der Waals surface area contributed by atoms with Crippen LogP contribution in [0.1, 0.15) is 71.6 Å². The van der Waals surface area contributed by atoms with Crippen LogP contribution in [0.3, 0.4) is 0 Å². The van der Waals surface area contributed by atoms with Crippen molar-refractivity contribution in [1.82, 2.24) is 5.32 Å². The van der Waals surface area contributed by atoms with E-state index < -0.39 is 11.9 Å². The van der Waals surface area contributed by atoms with Crippen molar-refractivity contribution < 1.29 is 34.3 Å². The van der Waals surface area contributed by atoms with Crippen LogP contribution in [0.5, 0.6) is 0 Å². The lowest BCUT2D eigenvalue weighted by Crippen LogP contribution is -2.56. The molecule has 0 radical (unpaired) electrons. The summed E-state index contributed by atoms with van der Waals surface area (Å²) in [6.07, 6.45) is 10.5. The Bertz CT molecular complexity index is 1000. The van der Waals surface area contributed by atoms with Gasteiger partial charge in [-0.25, -0.2) is 9.59 Å². The van der Waals surface area contributed by atoms with Crippen molar-refractivity contribution in [2.45, 2.75) is 77.7 Å². The molecule has 1 unspecified atom stereocenters. The molecule has 38 heavy (non-hydrogen) atoms. The van der Waals surface area contributed by atoms with Crippen molar-refractivity contribution in [3.8, 4) is 0 Å². The van der Waals surface area contributed by atoms with E-state index in [0.29, 0.717) is 41.6 Å². The molecule has 10 heteroatoms. The molecule has 7 atom stereocenters. The first-order valence-corrected chi connectivity index (χ1v) is 13.8. The summed E-state index contributed by atoms with van der Waals surface area (Å²) >= 11 is 0. The maximum atomic E-state index is 12.7. The molecule has 0 amide bonds. The number of aliphatic carboxylic acids is 2. The SMILES string of the molecule is CO/N=C1\C[C@@H]2[C@H](CC[C@]3(C)C(=O)CC[C@@H]23)[C@@]2(C)CCC(=NO[C@H]3CCNC3)CC12.O=C(O)/C=C/C(=O)O. The molecular weight excluding hydrogens is 490 g/mol. The zero-order chi connectivity index (χ0) is 27.5. The first-order valence-electron chi connectivity index (χ1n) is 13.8. The van der Waals surface area contributed by atoms with E-state index in [0.717, 1.165) is 64.5 Å². The Morgan fingerprint density at radius 2 is 1.74 bits per heavy atom. The highest BCUT2D eigenvalue weighted by molar-refractivity contribution is 5.96. The predicted molar refractivity (Wildman–Crippen MR) is 141 cm³/mol. The van der Waals surface area contributed by atoms with Crippen LogP contribution in [0.4, 0.5) is 0 Å². The van der Waals surface area contributed by atoms with Crippen molar-refractivity contribution >= 4 is 29.1 Å². The third kappa shape index (κ3) is 5.65. The summed E-state index contributed by atoms with van der Waals surface area (Å²) in [7, 11) is 1.66. The number of carboxylic acids is 2. The Balaban J connectivity index is 0.000000368. The van der Waals surface area contributed by atoms with Crippen LogP contribution in [0.25, 0.3) is 0 Å². The molecule has 5 rings (SSSR count). The van der Waals surface area contributed by atoms with Gasteiger partial charge in [0.1, 0.15) is 19.0 Å². The topological polar surface area (TPSA) is 147 Å². The second kappa shape index (κ2) is 11.6. The van der Waals surface area contributed by atoms with E-state index in [2.05, 4.69) is 29.5 Å². The maximum Gasteiger partial charge on any atom is 0.328 e. The third-order valence-electron chi connectivity index (χ3n) is 9.95. The molecule has 5 aliphatic rings. The molecule has 4 saturated carbocycles. The number of Topliss-reactive ketones (excluding diaryl/α,β-unsaturated/α-hetero) is 1. The van der Waals surface area contributed by atoms with Gasteiger partial charge in [-0.2, -0.15) is 0 Å². The second-order valence-corrected chi connectivity index (χ2v) is 11.9. The minimum absolute atomic E-state index is 0.104. The number of nitrogens with zero attached hydrogens (tertiary/aromatic N) is 2. The van der Waals surface area contributed by atoms with E-state index in [1.807, 2.05) is 0 Å². The van der Waals surface area contributed by atoms with Crippen LogP contribution in [0.15, 0.2) is 22.5 Å². The van der Waals surface area contributed by atoms with Crippen LogP contribution in [0, 0.1) is 34.5 Å². The van der Waals surface area contributed by atoms with E-state index >= 15 is 0 Å². The molecule has 1 aliphatic heterocycles. The molecule has 5 fully saturated rings. The first kappa shape index (κ1) is 28.3. The van der Waals surface area contributed by atoms with Gasteiger partial charge in [-0.3, -0.25) is 4.79 Å². The summed E-state index contributed by atoms with van der Waals surface area (Å²) in [5.74, 6) is 0.100. The van der Waals surface area contributed by atoms with Gasteiger partial charge >= 0.3 is 11.9 Å². The normalized spacial score (nSPS) is 40.2. The van der Waals surface area contributed by atoms with E-state index in [4.69, 9.17) is 19.9 Å². The molecule has 0 aromatic heterocycles. The van der Waals surface area contributed by atoms with Gasteiger partial charge in [-0.1, -0.05) is 24.2 Å². The Morgan fingerprint density at radius 3 is 2.37 bits per heavy atom. The molecule has 0 spiro atoms. The highest BCUT2D eigenvalue weighted by Crippen LogP contribution is 2.64. The maximum absolute atomic E-state index is 12.7. The fraction of sp³-hybridized carbons (Fsp3) is 0.750. The molecule has 3 N–H and O–H groups in total. The van der Waals surface area contributed by atoms with Crippen molar-refractivity contribution in [2.75, 3.05) is 20.2 Å². The Hall–Kier alpha value is -2.75. The van der Waals surface area contributed by atoms with Crippen LogP contribution in [-0.2, 0) is 24.1 Å². The smallest absolute Gasteiger partial charge is 0.328 e. The Kier molecular flexibility index (Phi) is 8.59. The molecule has 1 saturated heterocycles. The zero-order valence-electron chi connectivity index (χ0n) is 22.6. The first-order chi connectivity index (χ1) is 18.1. The quantitative estimate of drug-likeness (QED) is 0.360. The standard InChI is InChI=1S/C24H37N3O3.C4H4O4/c1-23-9-6-15(26-30-16-8-11-25-14-16)12-20(23)21(27-29-3)13-17-18-4-5-22(28)24(18,2)10-7-19(17)23;5-3(6)1-2-4(7)8/h16-20,25H,4-14H2,1-3H3;1-2H,(H,5,6)(H,7,8)/b26-15?,27-21+;2-1+/t16-,17-,18-,19-,20?,23+,24-;/m0./s1. The van der Waals surface area contributed by atoms with Gasteiger partial charge in [-0.15, -0.1) is 0 Å². The number of rotatable bonds is 5. The summed E-state index contributed by atoms with van der Waals surface area (Å²) in [6, 6.07) is 0. The van der Waals surface area contributed by atoms with Gasteiger partial charge in [0.2, 0.25) is 0 Å².